The smallest absolute Gasteiger partial charge is 0.294 e. The summed E-state index contributed by atoms with van der Waals surface area (Å²) in [5, 5.41) is 2.17. The van der Waals surface area contributed by atoms with E-state index >= 15 is 0 Å². The van der Waals surface area contributed by atoms with Crippen LogP contribution in [0.3, 0.4) is 0 Å². The number of nitrogens with one attached hydrogen (secondary N) is 1. The molecular weight excluding hydrogens is 446 g/mol. The number of ether oxygens (including phenoxy) is 2. The molecule has 3 rings (SSSR count). The van der Waals surface area contributed by atoms with E-state index in [-0.39, 0.29) is 11.5 Å². The van der Waals surface area contributed by atoms with E-state index in [1.165, 1.54) is 13.2 Å². The van der Waals surface area contributed by atoms with Crippen LogP contribution in [0.1, 0.15) is 16.7 Å². The second kappa shape index (κ2) is 10.2. The number of imide groups is 1. The quantitative estimate of drug-likeness (QED) is 0.569. The molecule has 2 aromatic rings. The topological polar surface area (TPSA) is 128 Å². The number of nitrogens with zero attached hydrogens (tertiary/aromatic N) is 1. The average Bonchev–Trinajstić information content (AvgIpc) is 3.02. The molecule has 10 heteroatoms. The summed E-state index contributed by atoms with van der Waals surface area (Å²) < 4.78 is 10.5. The van der Waals surface area contributed by atoms with Crippen molar-refractivity contribution in [1.82, 2.24) is 4.90 Å². The van der Waals surface area contributed by atoms with Crippen molar-refractivity contribution in [3.63, 3.8) is 0 Å². The molecule has 1 aliphatic rings. The molecule has 0 aromatic heterocycles. The molecule has 0 atom stereocenters. The molecule has 1 fully saturated rings. The summed E-state index contributed by atoms with van der Waals surface area (Å²) in [5.41, 5.74) is 8.36. The molecule has 33 heavy (non-hydrogen) atoms. The molecule has 0 bridgehead atoms. The zero-order valence-electron chi connectivity index (χ0n) is 18.3. The highest BCUT2D eigenvalue weighted by atomic mass is 32.2. The number of carbonyl (C=O) groups is 4. The third-order valence-electron chi connectivity index (χ3n) is 4.82. The van der Waals surface area contributed by atoms with Crippen LogP contribution in [-0.2, 0) is 14.4 Å². The van der Waals surface area contributed by atoms with Crippen molar-refractivity contribution in [3.8, 4) is 11.5 Å². The fourth-order valence-electron chi connectivity index (χ4n) is 2.99. The lowest BCUT2D eigenvalue weighted by Crippen LogP contribution is -2.36. The van der Waals surface area contributed by atoms with Gasteiger partial charge in [-0.3, -0.25) is 24.1 Å². The first kappa shape index (κ1) is 23.9. The molecule has 172 valence electrons. The Bertz CT molecular complexity index is 1160. The molecular formula is C23H23N3O6S. The maximum absolute atomic E-state index is 12.7. The summed E-state index contributed by atoms with van der Waals surface area (Å²) in [6.07, 6.45) is 1.52. The van der Waals surface area contributed by atoms with E-state index < -0.39 is 29.5 Å². The summed E-state index contributed by atoms with van der Waals surface area (Å²) in [7, 11) is 1.43. The van der Waals surface area contributed by atoms with Crippen molar-refractivity contribution < 1.29 is 28.7 Å². The van der Waals surface area contributed by atoms with Crippen molar-refractivity contribution in [3.05, 3.63) is 58.0 Å². The molecule has 1 heterocycles. The fraction of sp³-hybridized carbons (Fsp3) is 0.217. The monoisotopic (exact) mass is 469 g/mol. The number of nitrogens with two attached hydrogens (primary N) is 1. The lowest BCUT2D eigenvalue weighted by atomic mass is 10.1. The summed E-state index contributed by atoms with van der Waals surface area (Å²) >= 11 is 0.746. The number of hydrogen-bond donors (Lipinski definition) is 2. The number of benzene rings is 2. The Morgan fingerprint density at radius 3 is 2.52 bits per heavy atom. The lowest BCUT2D eigenvalue weighted by molar-refractivity contribution is -0.127. The number of aryl methyl sites for hydroxylation is 2. The summed E-state index contributed by atoms with van der Waals surface area (Å²) in [6, 6.07) is 10.3. The molecule has 3 N–H and O–H groups in total. The third kappa shape index (κ3) is 5.92. The predicted octanol–water partition coefficient (Wildman–Crippen LogP) is 2.85. The predicted molar refractivity (Wildman–Crippen MR) is 125 cm³/mol. The number of carbonyl (C=O) groups excluding carboxylic acids is 4. The van der Waals surface area contributed by atoms with Crippen LogP contribution >= 0.6 is 11.8 Å². The first-order valence-electron chi connectivity index (χ1n) is 9.89. The third-order valence-corrected chi connectivity index (χ3v) is 5.73. The van der Waals surface area contributed by atoms with Gasteiger partial charge in [0, 0.05) is 5.69 Å². The van der Waals surface area contributed by atoms with Crippen molar-refractivity contribution in [2.45, 2.75) is 13.8 Å². The SMILES string of the molecule is COc1cc(/C=C2/SC(=O)N(CC(=O)Nc3ccc(C)c(C)c3)C2=O)ccc1OCC(N)=O. The standard InChI is InChI=1S/C23H23N3O6S/c1-13-4-6-16(8-14(13)2)25-21(28)11-26-22(29)19(33-23(26)30)10-15-5-7-17(18(9-15)31-3)32-12-20(24)27/h4-10H,11-12H2,1-3H3,(H2,24,27)(H,25,28)/b19-10+. The first-order valence-corrected chi connectivity index (χ1v) is 10.7. The van der Waals surface area contributed by atoms with Crippen molar-refractivity contribution in [1.29, 1.82) is 0 Å². The van der Waals surface area contributed by atoms with Gasteiger partial charge in [-0.1, -0.05) is 12.1 Å². The van der Waals surface area contributed by atoms with E-state index in [0.717, 1.165) is 27.8 Å². The molecule has 0 spiro atoms. The number of thioether (sulfide) groups is 1. The maximum Gasteiger partial charge on any atom is 0.294 e. The van der Waals surface area contributed by atoms with Crippen molar-refractivity contribution in [2.75, 3.05) is 25.6 Å². The van der Waals surface area contributed by atoms with Crippen LogP contribution in [0.5, 0.6) is 11.5 Å². The van der Waals surface area contributed by atoms with E-state index in [1.807, 2.05) is 26.0 Å². The van der Waals surface area contributed by atoms with E-state index in [1.54, 1.807) is 24.3 Å². The zero-order chi connectivity index (χ0) is 24.1. The minimum atomic E-state index is -0.628. The van der Waals surface area contributed by atoms with Crippen LogP contribution < -0.4 is 20.5 Å². The Labute approximate surface area is 194 Å². The van der Waals surface area contributed by atoms with E-state index in [0.29, 0.717) is 22.7 Å². The Morgan fingerprint density at radius 2 is 1.85 bits per heavy atom. The Morgan fingerprint density at radius 1 is 1.09 bits per heavy atom. The van der Waals surface area contributed by atoms with Crippen LogP contribution in [0.15, 0.2) is 41.3 Å². The first-order chi connectivity index (χ1) is 15.7. The molecule has 4 amide bonds. The number of anilines is 1. The van der Waals surface area contributed by atoms with Crippen LogP contribution in [0, 0.1) is 13.8 Å². The van der Waals surface area contributed by atoms with Crippen LogP contribution in [-0.4, -0.2) is 48.1 Å². The molecule has 1 saturated heterocycles. The average molecular weight is 470 g/mol. The van der Waals surface area contributed by atoms with Gasteiger partial charge in [-0.2, -0.15) is 0 Å². The zero-order valence-corrected chi connectivity index (χ0v) is 19.2. The summed E-state index contributed by atoms with van der Waals surface area (Å²) in [5.74, 6) is -1.02. The van der Waals surface area contributed by atoms with E-state index in [4.69, 9.17) is 15.2 Å². The molecule has 0 aliphatic carbocycles. The Kier molecular flexibility index (Phi) is 7.39. The van der Waals surface area contributed by atoms with Crippen molar-refractivity contribution >= 4 is 46.5 Å². The normalized spacial score (nSPS) is 14.5. The molecule has 1 aliphatic heterocycles. The van der Waals surface area contributed by atoms with Gasteiger partial charge in [0.15, 0.2) is 18.1 Å². The maximum atomic E-state index is 12.7. The number of rotatable bonds is 8. The van der Waals surface area contributed by atoms with Gasteiger partial charge in [0.2, 0.25) is 5.91 Å². The largest absolute Gasteiger partial charge is 0.493 e. The number of hydrogen-bond acceptors (Lipinski definition) is 7. The number of primary amides is 1. The lowest BCUT2D eigenvalue weighted by Gasteiger charge is -2.13. The van der Waals surface area contributed by atoms with Crippen LogP contribution in [0.4, 0.5) is 10.5 Å². The van der Waals surface area contributed by atoms with Gasteiger partial charge < -0.3 is 20.5 Å². The second-order valence-electron chi connectivity index (χ2n) is 7.28. The van der Waals surface area contributed by atoms with Gasteiger partial charge in [0.25, 0.3) is 17.1 Å². The van der Waals surface area contributed by atoms with Gasteiger partial charge in [-0.05, 0) is 72.6 Å². The Balaban J connectivity index is 1.70. The highest BCUT2D eigenvalue weighted by Crippen LogP contribution is 2.34. The minimum Gasteiger partial charge on any atom is -0.493 e. The molecule has 9 nitrogen and oxygen atoms in total. The highest BCUT2D eigenvalue weighted by molar-refractivity contribution is 8.18. The molecule has 2 aromatic carbocycles. The second-order valence-corrected chi connectivity index (χ2v) is 8.27. The summed E-state index contributed by atoms with van der Waals surface area (Å²) in [6.45, 7) is 3.19. The number of methoxy groups -OCH3 is 1. The minimum absolute atomic E-state index is 0.173. The fourth-order valence-corrected chi connectivity index (χ4v) is 3.83. The van der Waals surface area contributed by atoms with Gasteiger partial charge in [-0.15, -0.1) is 0 Å². The van der Waals surface area contributed by atoms with Gasteiger partial charge in [-0.25, -0.2) is 0 Å². The van der Waals surface area contributed by atoms with E-state index in [2.05, 4.69) is 5.32 Å². The van der Waals surface area contributed by atoms with Gasteiger partial charge in [0.1, 0.15) is 6.54 Å². The Hall–Kier alpha value is -3.79. The molecule has 0 unspecified atom stereocenters. The number of amides is 4. The summed E-state index contributed by atoms with van der Waals surface area (Å²) in [4.78, 5) is 49.5. The highest BCUT2D eigenvalue weighted by Gasteiger charge is 2.36. The van der Waals surface area contributed by atoms with E-state index in [9.17, 15) is 19.2 Å². The van der Waals surface area contributed by atoms with Crippen LogP contribution in [0.25, 0.3) is 6.08 Å². The van der Waals surface area contributed by atoms with Crippen LogP contribution in [0.2, 0.25) is 0 Å². The van der Waals surface area contributed by atoms with Gasteiger partial charge >= 0.3 is 0 Å². The molecule has 0 saturated carbocycles. The molecule has 0 radical (unpaired) electrons. The van der Waals surface area contributed by atoms with Gasteiger partial charge in [0.05, 0.1) is 12.0 Å². The van der Waals surface area contributed by atoms with Crippen molar-refractivity contribution in [2.24, 2.45) is 5.73 Å².